The van der Waals surface area contributed by atoms with Crippen molar-refractivity contribution >= 4 is 17.3 Å². The van der Waals surface area contributed by atoms with Crippen LogP contribution in [0.15, 0.2) is 41.7 Å². The van der Waals surface area contributed by atoms with Crippen molar-refractivity contribution in [2.45, 2.75) is 6.42 Å². The molecule has 1 aliphatic rings. The fraction of sp³-hybridized carbons (Fsp3) is 0.0833. The van der Waals surface area contributed by atoms with Crippen LogP contribution in [0.5, 0.6) is 0 Å². The highest BCUT2D eigenvalue weighted by Gasteiger charge is 1.98. The minimum Gasteiger partial charge on any atom is -0.338 e. The summed E-state index contributed by atoms with van der Waals surface area (Å²) in [5.41, 5.74) is 2.00. The van der Waals surface area contributed by atoms with Gasteiger partial charge in [0.2, 0.25) is 6.40 Å². The summed E-state index contributed by atoms with van der Waals surface area (Å²) in [6, 6.07) is 11.9. The van der Waals surface area contributed by atoms with Gasteiger partial charge in [-0.15, -0.1) is 0 Å². The molecule has 0 saturated carbocycles. The Morgan fingerprint density at radius 2 is 2.00 bits per heavy atom. The van der Waals surface area contributed by atoms with Crippen LogP contribution in [0.4, 0.5) is 0 Å². The Hall–Kier alpha value is -2.41. The molecule has 0 N–H and O–H groups in total. The van der Waals surface area contributed by atoms with E-state index >= 15 is 0 Å². The van der Waals surface area contributed by atoms with Gasteiger partial charge >= 0.3 is 0 Å². The SMILES string of the molecule is C1=NO1.N#CCc1ccnc2ccccc12. The highest BCUT2D eigenvalue weighted by atomic mass is 16.7. The number of para-hydroxylation sites is 1. The topological polar surface area (TPSA) is 61.6 Å². The van der Waals surface area contributed by atoms with Crippen LogP contribution in [0, 0.1) is 11.3 Å². The van der Waals surface area contributed by atoms with Crippen molar-refractivity contribution in [3.63, 3.8) is 0 Å². The number of rotatable bonds is 1. The van der Waals surface area contributed by atoms with E-state index in [-0.39, 0.29) is 0 Å². The average Bonchev–Trinajstić information content (AvgIpc) is 3.18. The molecule has 4 heteroatoms. The van der Waals surface area contributed by atoms with Gasteiger partial charge in [0.1, 0.15) is 0 Å². The van der Waals surface area contributed by atoms with Crippen LogP contribution < -0.4 is 0 Å². The van der Waals surface area contributed by atoms with Crippen molar-refractivity contribution in [1.29, 1.82) is 5.26 Å². The van der Waals surface area contributed by atoms with Gasteiger partial charge in [-0.1, -0.05) is 18.2 Å². The summed E-state index contributed by atoms with van der Waals surface area (Å²) in [5, 5.41) is 12.8. The first kappa shape index (κ1) is 10.1. The second kappa shape index (κ2) is 4.89. The van der Waals surface area contributed by atoms with Crippen LogP contribution in [0.1, 0.15) is 5.56 Å². The molecule has 0 saturated heterocycles. The highest BCUT2D eigenvalue weighted by molar-refractivity contribution is 5.82. The van der Waals surface area contributed by atoms with E-state index in [2.05, 4.69) is 21.0 Å². The largest absolute Gasteiger partial charge is 0.338 e. The number of nitrogens with zero attached hydrogens (tertiary/aromatic N) is 3. The third-order valence-electron chi connectivity index (χ3n) is 2.11. The predicted octanol–water partition coefficient (Wildman–Crippen LogP) is 2.26. The second-order valence-electron chi connectivity index (χ2n) is 3.14. The lowest BCUT2D eigenvalue weighted by Crippen LogP contribution is -1.86. The van der Waals surface area contributed by atoms with Gasteiger partial charge in [0, 0.05) is 11.6 Å². The number of fused-ring (bicyclic) bond motifs is 1. The maximum absolute atomic E-state index is 8.61. The quantitative estimate of drug-likeness (QED) is 0.726. The molecule has 78 valence electrons. The Morgan fingerprint density at radius 3 is 2.69 bits per heavy atom. The predicted molar refractivity (Wildman–Crippen MR) is 60.6 cm³/mol. The van der Waals surface area contributed by atoms with Gasteiger partial charge in [-0.2, -0.15) is 5.26 Å². The molecule has 16 heavy (non-hydrogen) atoms. The molecule has 2 heterocycles. The van der Waals surface area contributed by atoms with Crippen molar-refractivity contribution in [3.05, 3.63) is 42.1 Å². The van der Waals surface area contributed by atoms with E-state index in [1.807, 2.05) is 30.3 Å². The molecule has 0 aliphatic carbocycles. The lowest BCUT2D eigenvalue weighted by molar-refractivity contribution is 0.477. The fourth-order valence-electron chi connectivity index (χ4n) is 1.39. The van der Waals surface area contributed by atoms with Gasteiger partial charge in [0.15, 0.2) is 0 Å². The Kier molecular flexibility index (Phi) is 3.10. The van der Waals surface area contributed by atoms with Gasteiger partial charge in [0.25, 0.3) is 0 Å². The molecule has 0 unspecified atom stereocenters. The van der Waals surface area contributed by atoms with Crippen LogP contribution in [-0.2, 0) is 11.3 Å². The molecule has 0 radical (unpaired) electrons. The molecule has 0 amide bonds. The van der Waals surface area contributed by atoms with E-state index in [9.17, 15) is 0 Å². The fourth-order valence-corrected chi connectivity index (χ4v) is 1.39. The summed E-state index contributed by atoms with van der Waals surface area (Å²) >= 11 is 0. The van der Waals surface area contributed by atoms with Crippen LogP contribution >= 0.6 is 0 Å². The lowest BCUT2D eigenvalue weighted by atomic mass is 10.1. The van der Waals surface area contributed by atoms with Crippen LogP contribution in [0.3, 0.4) is 0 Å². The Morgan fingerprint density at radius 1 is 1.25 bits per heavy atom. The first-order valence-electron chi connectivity index (χ1n) is 4.79. The van der Waals surface area contributed by atoms with Gasteiger partial charge in [-0.3, -0.25) is 4.98 Å². The maximum atomic E-state index is 8.61. The number of nitriles is 1. The second-order valence-corrected chi connectivity index (χ2v) is 3.14. The monoisotopic (exact) mass is 211 g/mol. The summed E-state index contributed by atoms with van der Waals surface area (Å²) in [6.45, 7) is 0. The first-order chi connectivity index (χ1) is 7.92. The number of pyridine rings is 1. The molecule has 0 atom stereocenters. The molecule has 0 bridgehead atoms. The standard InChI is InChI=1S/C11H8N2.CHNO/c12-7-5-9-6-8-13-11-4-2-1-3-10(9)11;1-2-3-1/h1-4,6,8H,5H2;1H. The molecule has 3 rings (SSSR count). The molecular formula is C12H9N3O. The zero-order valence-electron chi connectivity index (χ0n) is 8.50. The van der Waals surface area contributed by atoms with Crippen molar-refractivity contribution in [3.8, 4) is 6.07 Å². The highest BCUT2D eigenvalue weighted by Crippen LogP contribution is 2.15. The van der Waals surface area contributed by atoms with Crippen molar-refractivity contribution in [2.24, 2.45) is 5.16 Å². The maximum Gasteiger partial charge on any atom is 0.249 e. The summed E-state index contributed by atoms with van der Waals surface area (Å²) in [4.78, 5) is 8.21. The first-order valence-corrected chi connectivity index (χ1v) is 4.79. The van der Waals surface area contributed by atoms with Crippen molar-refractivity contribution in [2.75, 3.05) is 0 Å². The van der Waals surface area contributed by atoms with E-state index < -0.39 is 0 Å². The smallest absolute Gasteiger partial charge is 0.249 e. The van der Waals surface area contributed by atoms with Gasteiger partial charge in [0.05, 0.1) is 18.0 Å². The molecule has 4 nitrogen and oxygen atoms in total. The van der Waals surface area contributed by atoms with E-state index in [0.29, 0.717) is 6.42 Å². The van der Waals surface area contributed by atoms with Crippen LogP contribution in [0.25, 0.3) is 10.9 Å². The normalized spacial score (nSPS) is 10.9. The van der Waals surface area contributed by atoms with Crippen LogP contribution in [-0.4, -0.2) is 11.4 Å². The minimum atomic E-state index is 0.447. The molecule has 1 aliphatic heterocycles. The van der Waals surface area contributed by atoms with Gasteiger partial charge in [-0.05, 0) is 22.9 Å². The molecule has 1 aromatic carbocycles. The Labute approximate surface area is 92.8 Å². The number of aromatic nitrogens is 1. The van der Waals surface area contributed by atoms with E-state index in [1.165, 1.54) is 6.40 Å². The zero-order valence-corrected chi connectivity index (χ0v) is 8.50. The van der Waals surface area contributed by atoms with E-state index in [4.69, 9.17) is 5.26 Å². The Balaban J connectivity index is 0.000000278. The number of oxime groups is 1. The van der Waals surface area contributed by atoms with Crippen molar-refractivity contribution in [1.82, 2.24) is 4.98 Å². The Bertz CT molecular complexity index is 548. The molecule has 2 aromatic rings. The third-order valence-corrected chi connectivity index (χ3v) is 2.11. The van der Waals surface area contributed by atoms with Crippen molar-refractivity contribution < 1.29 is 4.84 Å². The number of hydrogen-bond donors (Lipinski definition) is 0. The molecular weight excluding hydrogens is 202 g/mol. The number of hydrogen-bond acceptors (Lipinski definition) is 4. The molecule has 1 aromatic heterocycles. The third kappa shape index (κ3) is 2.55. The minimum absolute atomic E-state index is 0.447. The molecule has 0 spiro atoms. The average molecular weight is 211 g/mol. The lowest BCUT2D eigenvalue weighted by Gasteiger charge is -2.00. The van der Waals surface area contributed by atoms with E-state index in [0.717, 1.165) is 16.5 Å². The van der Waals surface area contributed by atoms with Gasteiger partial charge in [-0.25, -0.2) is 0 Å². The number of benzene rings is 1. The molecule has 0 fully saturated rings. The summed E-state index contributed by atoms with van der Waals surface area (Å²) in [7, 11) is 0. The summed E-state index contributed by atoms with van der Waals surface area (Å²) in [6.07, 6.45) is 3.57. The van der Waals surface area contributed by atoms with Gasteiger partial charge < -0.3 is 4.84 Å². The summed E-state index contributed by atoms with van der Waals surface area (Å²) in [5.74, 6) is 0. The van der Waals surface area contributed by atoms with E-state index in [1.54, 1.807) is 6.20 Å². The zero-order chi connectivity index (χ0) is 11.2. The van der Waals surface area contributed by atoms with Crippen LogP contribution in [0.2, 0.25) is 0 Å². The summed E-state index contributed by atoms with van der Waals surface area (Å²) < 4.78 is 0.